The predicted molar refractivity (Wildman–Crippen MR) is 116 cm³/mol. The van der Waals surface area contributed by atoms with Crippen LogP contribution in [0.3, 0.4) is 0 Å². The van der Waals surface area contributed by atoms with Crippen molar-refractivity contribution in [2.45, 2.75) is 46.2 Å². The molecule has 6 heteroatoms. The number of hydrogen-bond acceptors (Lipinski definition) is 3. The number of unbranched alkanes of at least 4 members (excludes halogenated alkanes) is 1. The van der Waals surface area contributed by atoms with Crippen LogP contribution in [-0.2, 0) is 16.1 Å². The first-order chi connectivity index (χ1) is 13.9. The number of nitrogens with zero attached hydrogens (tertiary/aromatic N) is 1. The first kappa shape index (κ1) is 22.8. The number of benzene rings is 2. The third-order valence-electron chi connectivity index (χ3n) is 4.61. The second-order valence-electron chi connectivity index (χ2n) is 7.07. The molecule has 2 amide bonds. The molecule has 29 heavy (non-hydrogen) atoms. The summed E-state index contributed by atoms with van der Waals surface area (Å²) in [6.07, 6.45) is 1.90. The molecule has 0 aliphatic rings. The van der Waals surface area contributed by atoms with Gasteiger partial charge in [0.15, 0.2) is 6.61 Å². The summed E-state index contributed by atoms with van der Waals surface area (Å²) in [6.45, 7) is 6.61. The van der Waals surface area contributed by atoms with E-state index in [1.54, 1.807) is 36.1 Å². The van der Waals surface area contributed by atoms with E-state index in [4.69, 9.17) is 16.3 Å². The third-order valence-corrected chi connectivity index (χ3v) is 4.86. The quantitative estimate of drug-likeness (QED) is 0.585. The zero-order valence-corrected chi connectivity index (χ0v) is 18.0. The summed E-state index contributed by atoms with van der Waals surface area (Å²) >= 11 is 5.88. The van der Waals surface area contributed by atoms with E-state index in [9.17, 15) is 9.59 Å². The number of hydrogen-bond donors (Lipinski definition) is 1. The van der Waals surface area contributed by atoms with Crippen molar-refractivity contribution in [1.82, 2.24) is 10.2 Å². The molecule has 1 atom stereocenters. The fraction of sp³-hybridized carbons (Fsp3) is 0.391. The van der Waals surface area contributed by atoms with E-state index in [1.165, 1.54) is 0 Å². The van der Waals surface area contributed by atoms with E-state index in [0.717, 1.165) is 24.0 Å². The number of aryl methyl sites for hydroxylation is 1. The Morgan fingerprint density at radius 2 is 1.90 bits per heavy atom. The molecule has 5 nitrogen and oxygen atoms in total. The number of halogens is 1. The third kappa shape index (κ3) is 7.42. The van der Waals surface area contributed by atoms with E-state index < -0.39 is 6.04 Å². The largest absolute Gasteiger partial charge is 0.484 e. The standard InChI is InChI=1S/C23H29ClN2O3/c1-4-5-13-25-23(28)18(3)26(15-19-8-6-7-17(2)14-19)22(27)16-29-21-11-9-20(24)10-12-21/h6-12,14,18H,4-5,13,15-16H2,1-3H3,(H,25,28). The number of rotatable bonds is 10. The van der Waals surface area contributed by atoms with Crippen LogP contribution >= 0.6 is 11.6 Å². The van der Waals surface area contributed by atoms with Gasteiger partial charge in [-0.2, -0.15) is 0 Å². The van der Waals surface area contributed by atoms with Gasteiger partial charge in [-0.05, 0) is 50.1 Å². The summed E-state index contributed by atoms with van der Waals surface area (Å²) in [5.41, 5.74) is 2.07. The molecule has 0 heterocycles. The summed E-state index contributed by atoms with van der Waals surface area (Å²) < 4.78 is 5.61. The van der Waals surface area contributed by atoms with Crippen molar-refractivity contribution in [2.75, 3.05) is 13.2 Å². The van der Waals surface area contributed by atoms with E-state index in [-0.39, 0.29) is 18.4 Å². The highest BCUT2D eigenvalue weighted by molar-refractivity contribution is 6.30. The van der Waals surface area contributed by atoms with Gasteiger partial charge in [-0.25, -0.2) is 0 Å². The van der Waals surface area contributed by atoms with Gasteiger partial charge in [0.1, 0.15) is 11.8 Å². The molecule has 0 fully saturated rings. The summed E-state index contributed by atoms with van der Waals surface area (Å²) in [4.78, 5) is 27.1. The normalized spacial score (nSPS) is 11.6. The van der Waals surface area contributed by atoms with Crippen molar-refractivity contribution < 1.29 is 14.3 Å². The van der Waals surface area contributed by atoms with Crippen molar-refractivity contribution in [3.8, 4) is 5.75 Å². The summed E-state index contributed by atoms with van der Waals surface area (Å²) in [5, 5.41) is 3.51. The lowest BCUT2D eigenvalue weighted by atomic mass is 10.1. The van der Waals surface area contributed by atoms with Crippen molar-refractivity contribution in [2.24, 2.45) is 0 Å². The van der Waals surface area contributed by atoms with Gasteiger partial charge in [-0.3, -0.25) is 9.59 Å². The summed E-state index contributed by atoms with van der Waals surface area (Å²) in [7, 11) is 0. The summed E-state index contributed by atoms with van der Waals surface area (Å²) in [5.74, 6) is 0.142. The highest BCUT2D eigenvalue weighted by Gasteiger charge is 2.26. The monoisotopic (exact) mass is 416 g/mol. The maximum absolute atomic E-state index is 12.9. The molecule has 1 unspecified atom stereocenters. The van der Waals surface area contributed by atoms with Crippen LogP contribution < -0.4 is 10.1 Å². The van der Waals surface area contributed by atoms with Gasteiger partial charge in [0.05, 0.1) is 0 Å². The highest BCUT2D eigenvalue weighted by atomic mass is 35.5. The number of amides is 2. The van der Waals surface area contributed by atoms with Gasteiger partial charge in [-0.1, -0.05) is 54.8 Å². The molecule has 2 aromatic carbocycles. The van der Waals surface area contributed by atoms with E-state index in [1.807, 2.05) is 31.2 Å². The molecule has 0 aliphatic carbocycles. The van der Waals surface area contributed by atoms with Crippen LogP contribution in [0.25, 0.3) is 0 Å². The first-order valence-corrected chi connectivity index (χ1v) is 10.3. The zero-order valence-electron chi connectivity index (χ0n) is 17.3. The molecule has 0 bridgehead atoms. The Kier molecular flexibility index (Phi) is 9.00. The number of carbonyl (C=O) groups is 2. The van der Waals surface area contributed by atoms with Gasteiger partial charge in [0.2, 0.25) is 5.91 Å². The average Bonchev–Trinajstić information content (AvgIpc) is 2.71. The van der Waals surface area contributed by atoms with Crippen molar-refractivity contribution in [3.63, 3.8) is 0 Å². The van der Waals surface area contributed by atoms with Gasteiger partial charge in [0, 0.05) is 18.1 Å². The van der Waals surface area contributed by atoms with Crippen molar-refractivity contribution in [3.05, 3.63) is 64.7 Å². The first-order valence-electron chi connectivity index (χ1n) is 9.91. The maximum Gasteiger partial charge on any atom is 0.261 e. The molecule has 0 aromatic heterocycles. The Labute approximate surface area is 178 Å². The second kappa shape index (κ2) is 11.5. The molecule has 2 rings (SSSR count). The molecular weight excluding hydrogens is 388 g/mol. The lowest BCUT2D eigenvalue weighted by Gasteiger charge is -2.29. The Morgan fingerprint density at radius 3 is 2.55 bits per heavy atom. The fourth-order valence-corrected chi connectivity index (χ4v) is 3.01. The minimum Gasteiger partial charge on any atom is -0.484 e. The smallest absolute Gasteiger partial charge is 0.261 e. The number of nitrogens with one attached hydrogen (secondary N) is 1. The van der Waals surface area contributed by atoms with Crippen LogP contribution in [0.15, 0.2) is 48.5 Å². The second-order valence-corrected chi connectivity index (χ2v) is 7.51. The average molecular weight is 417 g/mol. The highest BCUT2D eigenvalue weighted by Crippen LogP contribution is 2.16. The van der Waals surface area contributed by atoms with Gasteiger partial charge in [-0.15, -0.1) is 0 Å². The predicted octanol–water partition coefficient (Wildman–Crippen LogP) is 4.36. The van der Waals surface area contributed by atoms with Crippen molar-refractivity contribution in [1.29, 1.82) is 0 Å². The lowest BCUT2D eigenvalue weighted by Crippen LogP contribution is -2.49. The molecule has 0 saturated carbocycles. The van der Waals surface area contributed by atoms with Crippen LogP contribution in [0.4, 0.5) is 0 Å². The van der Waals surface area contributed by atoms with Crippen molar-refractivity contribution >= 4 is 23.4 Å². The SMILES string of the molecule is CCCCNC(=O)C(C)N(Cc1cccc(C)c1)C(=O)COc1ccc(Cl)cc1. The molecule has 0 aliphatic heterocycles. The number of ether oxygens (including phenoxy) is 1. The Hall–Kier alpha value is -2.53. The van der Waals surface area contributed by atoms with Crippen LogP contribution in [0.5, 0.6) is 5.75 Å². The summed E-state index contributed by atoms with van der Waals surface area (Å²) in [6, 6.07) is 14.1. The minimum atomic E-state index is -0.603. The zero-order chi connectivity index (χ0) is 21.2. The van der Waals surface area contributed by atoms with Crippen LogP contribution in [0.1, 0.15) is 37.8 Å². The van der Waals surface area contributed by atoms with Crippen LogP contribution in [0.2, 0.25) is 5.02 Å². The molecule has 0 radical (unpaired) electrons. The molecular formula is C23H29ClN2O3. The van der Waals surface area contributed by atoms with E-state index in [2.05, 4.69) is 12.2 Å². The van der Waals surface area contributed by atoms with Gasteiger partial charge < -0.3 is 15.0 Å². The topological polar surface area (TPSA) is 58.6 Å². The van der Waals surface area contributed by atoms with Crippen LogP contribution in [-0.4, -0.2) is 35.9 Å². The molecule has 2 aromatic rings. The Bertz CT molecular complexity index is 808. The maximum atomic E-state index is 12.9. The molecule has 156 valence electrons. The van der Waals surface area contributed by atoms with Gasteiger partial charge in [0.25, 0.3) is 5.91 Å². The minimum absolute atomic E-state index is 0.153. The Balaban J connectivity index is 2.10. The lowest BCUT2D eigenvalue weighted by molar-refractivity contribution is -0.142. The van der Waals surface area contributed by atoms with E-state index in [0.29, 0.717) is 23.9 Å². The molecule has 1 N–H and O–H groups in total. The fourth-order valence-electron chi connectivity index (χ4n) is 2.88. The van der Waals surface area contributed by atoms with E-state index >= 15 is 0 Å². The molecule has 0 saturated heterocycles. The number of carbonyl (C=O) groups excluding carboxylic acids is 2. The van der Waals surface area contributed by atoms with Crippen LogP contribution in [0, 0.1) is 6.92 Å². The Morgan fingerprint density at radius 1 is 1.17 bits per heavy atom. The van der Waals surface area contributed by atoms with Gasteiger partial charge >= 0.3 is 0 Å². The molecule has 0 spiro atoms.